The molecule has 0 saturated carbocycles. The first kappa shape index (κ1) is 21.5. The summed E-state index contributed by atoms with van der Waals surface area (Å²) in [5, 5.41) is 6.16. The molecule has 3 heterocycles. The van der Waals surface area contributed by atoms with Crippen LogP contribution in [0.25, 0.3) is 22.3 Å². The molecule has 33 heavy (non-hydrogen) atoms. The highest BCUT2D eigenvalue weighted by Crippen LogP contribution is 2.30. The number of rotatable bonds is 6. The molecular formula is C24H28N6O3. The molecule has 5 rings (SSSR count). The zero-order valence-corrected chi connectivity index (χ0v) is 18.7. The second kappa shape index (κ2) is 9.29. The number of hydrogen-bond donors (Lipinski definition) is 3. The SMILES string of the molecule is CNC(=O)c1c[nH]c2nc(NCCN3CCOCC3)nc(-c3ccc4c(c3)CCC4)c2c1=O. The van der Waals surface area contributed by atoms with Crippen LogP contribution in [0.1, 0.15) is 27.9 Å². The molecule has 1 aromatic carbocycles. The standard InChI is InChI=1S/C24H28N6O3/c1-25-23(32)18-14-27-22-19(21(18)31)20(17-6-5-15-3-2-4-16(15)13-17)28-24(29-22)26-7-8-30-9-11-33-12-10-30/h5-6,13-14H,2-4,7-12H2,1H3,(H,25,32)(H2,26,27,28,29,31). The van der Waals surface area contributed by atoms with E-state index in [9.17, 15) is 9.59 Å². The molecule has 2 aromatic heterocycles. The molecule has 1 aliphatic heterocycles. The number of H-pyrrole nitrogens is 1. The number of carbonyl (C=O) groups is 1. The first-order valence-electron chi connectivity index (χ1n) is 11.5. The second-order valence-electron chi connectivity index (χ2n) is 8.45. The average molecular weight is 449 g/mol. The lowest BCUT2D eigenvalue weighted by Crippen LogP contribution is -2.39. The van der Waals surface area contributed by atoms with Gasteiger partial charge in [0.1, 0.15) is 11.2 Å². The smallest absolute Gasteiger partial charge is 0.256 e. The summed E-state index contributed by atoms with van der Waals surface area (Å²) in [5.74, 6) is 0.0142. The van der Waals surface area contributed by atoms with E-state index in [-0.39, 0.29) is 11.0 Å². The summed E-state index contributed by atoms with van der Waals surface area (Å²) in [7, 11) is 1.51. The number of ether oxygens (including phenoxy) is 1. The second-order valence-corrected chi connectivity index (χ2v) is 8.45. The van der Waals surface area contributed by atoms with Crippen LogP contribution in [0.15, 0.2) is 29.2 Å². The Bertz CT molecular complexity index is 1250. The van der Waals surface area contributed by atoms with Crippen molar-refractivity contribution in [1.82, 2.24) is 25.2 Å². The van der Waals surface area contributed by atoms with E-state index in [4.69, 9.17) is 9.72 Å². The zero-order chi connectivity index (χ0) is 22.8. The van der Waals surface area contributed by atoms with E-state index in [2.05, 4.69) is 37.6 Å². The summed E-state index contributed by atoms with van der Waals surface area (Å²) >= 11 is 0. The minimum absolute atomic E-state index is 0.0454. The highest BCUT2D eigenvalue weighted by molar-refractivity contribution is 5.99. The maximum atomic E-state index is 13.3. The van der Waals surface area contributed by atoms with Crippen molar-refractivity contribution in [2.75, 3.05) is 51.8 Å². The Balaban J connectivity index is 1.54. The number of amides is 1. The summed E-state index contributed by atoms with van der Waals surface area (Å²) in [6, 6.07) is 6.25. The molecule has 2 aliphatic rings. The fourth-order valence-corrected chi connectivity index (χ4v) is 4.58. The van der Waals surface area contributed by atoms with Crippen LogP contribution >= 0.6 is 0 Å². The van der Waals surface area contributed by atoms with Crippen LogP contribution in [0, 0.1) is 0 Å². The van der Waals surface area contributed by atoms with Crippen molar-refractivity contribution in [3.05, 3.63) is 51.3 Å². The van der Waals surface area contributed by atoms with E-state index in [1.54, 1.807) is 0 Å². The molecule has 0 radical (unpaired) electrons. The van der Waals surface area contributed by atoms with Gasteiger partial charge in [0.15, 0.2) is 0 Å². The lowest BCUT2D eigenvalue weighted by Gasteiger charge is -2.26. The van der Waals surface area contributed by atoms with Gasteiger partial charge in [0, 0.05) is 45.0 Å². The molecule has 0 spiro atoms. The molecule has 1 fully saturated rings. The van der Waals surface area contributed by atoms with Gasteiger partial charge in [-0.15, -0.1) is 0 Å². The molecule has 0 atom stereocenters. The highest BCUT2D eigenvalue weighted by Gasteiger charge is 2.20. The normalized spacial score (nSPS) is 16.0. The van der Waals surface area contributed by atoms with Gasteiger partial charge in [-0.25, -0.2) is 4.98 Å². The van der Waals surface area contributed by atoms with Crippen molar-refractivity contribution in [3.63, 3.8) is 0 Å². The van der Waals surface area contributed by atoms with Crippen LogP contribution in [0.2, 0.25) is 0 Å². The summed E-state index contributed by atoms with van der Waals surface area (Å²) in [5.41, 5.74) is 4.12. The molecule has 9 heteroatoms. The predicted molar refractivity (Wildman–Crippen MR) is 127 cm³/mol. The van der Waals surface area contributed by atoms with Crippen LogP contribution in [0.5, 0.6) is 0 Å². The van der Waals surface area contributed by atoms with Gasteiger partial charge < -0.3 is 20.4 Å². The Morgan fingerprint density at radius 2 is 2.00 bits per heavy atom. The quantitative estimate of drug-likeness (QED) is 0.525. The lowest BCUT2D eigenvalue weighted by molar-refractivity contribution is 0.0398. The molecule has 9 nitrogen and oxygen atoms in total. The van der Waals surface area contributed by atoms with E-state index in [0.717, 1.165) is 57.7 Å². The molecule has 1 amide bonds. The largest absolute Gasteiger partial charge is 0.379 e. The molecule has 3 N–H and O–H groups in total. The van der Waals surface area contributed by atoms with Gasteiger partial charge in [0.05, 0.1) is 24.3 Å². The number of pyridine rings is 1. The maximum absolute atomic E-state index is 13.3. The molecule has 1 saturated heterocycles. The van der Waals surface area contributed by atoms with Gasteiger partial charge in [-0.3, -0.25) is 14.5 Å². The van der Waals surface area contributed by atoms with Crippen LogP contribution in [0.4, 0.5) is 5.95 Å². The molecule has 0 bridgehead atoms. The number of aromatic nitrogens is 3. The summed E-state index contributed by atoms with van der Waals surface area (Å²) in [6.07, 6.45) is 4.66. The monoisotopic (exact) mass is 448 g/mol. The minimum Gasteiger partial charge on any atom is -0.379 e. The van der Waals surface area contributed by atoms with E-state index in [1.807, 2.05) is 6.07 Å². The van der Waals surface area contributed by atoms with Crippen LogP contribution < -0.4 is 16.1 Å². The van der Waals surface area contributed by atoms with Crippen LogP contribution in [0.3, 0.4) is 0 Å². The fraction of sp³-hybridized carbons (Fsp3) is 0.417. The minimum atomic E-state index is -0.439. The number of hydrogen-bond acceptors (Lipinski definition) is 7. The molecule has 172 valence electrons. The molecular weight excluding hydrogens is 420 g/mol. The Labute approximate surface area is 191 Å². The number of morpholine rings is 1. The number of benzene rings is 1. The van der Waals surface area contributed by atoms with Gasteiger partial charge in [-0.1, -0.05) is 12.1 Å². The number of carbonyl (C=O) groups excluding carboxylic acids is 1. The van der Waals surface area contributed by atoms with Gasteiger partial charge in [-0.2, -0.15) is 4.98 Å². The predicted octanol–water partition coefficient (Wildman–Crippen LogP) is 1.58. The third-order valence-electron chi connectivity index (χ3n) is 6.39. The summed E-state index contributed by atoms with van der Waals surface area (Å²) in [6.45, 7) is 4.86. The van der Waals surface area contributed by atoms with Gasteiger partial charge >= 0.3 is 0 Å². The van der Waals surface area contributed by atoms with Crippen molar-refractivity contribution >= 4 is 22.9 Å². The number of aryl methyl sites for hydroxylation is 2. The van der Waals surface area contributed by atoms with Crippen molar-refractivity contribution < 1.29 is 9.53 Å². The van der Waals surface area contributed by atoms with Crippen molar-refractivity contribution in [1.29, 1.82) is 0 Å². The average Bonchev–Trinajstić information content (AvgIpc) is 3.32. The van der Waals surface area contributed by atoms with Crippen LogP contribution in [-0.4, -0.2) is 72.2 Å². The number of nitrogens with one attached hydrogen (secondary N) is 3. The lowest BCUT2D eigenvalue weighted by atomic mass is 10.0. The number of nitrogens with zero attached hydrogens (tertiary/aromatic N) is 3. The maximum Gasteiger partial charge on any atom is 0.256 e. The fourth-order valence-electron chi connectivity index (χ4n) is 4.58. The Morgan fingerprint density at radius 1 is 1.18 bits per heavy atom. The number of anilines is 1. The van der Waals surface area contributed by atoms with Crippen LogP contribution in [-0.2, 0) is 17.6 Å². The number of aromatic amines is 1. The summed E-state index contributed by atoms with van der Waals surface area (Å²) < 4.78 is 5.41. The zero-order valence-electron chi connectivity index (χ0n) is 18.7. The Kier molecular flexibility index (Phi) is 6.06. The molecule has 1 aliphatic carbocycles. The third-order valence-corrected chi connectivity index (χ3v) is 6.39. The first-order chi connectivity index (χ1) is 16.1. The van der Waals surface area contributed by atoms with Gasteiger partial charge in [0.2, 0.25) is 11.4 Å². The Hall–Kier alpha value is -3.30. The van der Waals surface area contributed by atoms with Crippen molar-refractivity contribution in [2.45, 2.75) is 19.3 Å². The molecule has 3 aromatic rings. The van der Waals surface area contributed by atoms with E-state index in [0.29, 0.717) is 29.2 Å². The van der Waals surface area contributed by atoms with E-state index >= 15 is 0 Å². The van der Waals surface area contributed by atoms with Crippen molar-refractivity contribution in [3.8, 4) is 11.3 Å². The summed E-state index contributed by atoms with van der Waals surface area (Å²) in [4.78, 5) is 40.2. The van der Waals surface area contributed by atoms with Crippen molar-refractivity contribution in [2.24, 2.45) is 0 Å². The van der Waals surface area contributed by atoms with E-state index < -0.39 is 5.91 Å². The van der Waals surface area contributed by atoms with Gasteiger partial charge in [0.25, 0.3) is 5.91 Å². The molecule has 0 unspecified atom stereocenters. The first-order valence-corrected chi connectivity index (χ1v) is 11.5. The van der Waals surface area contributed by atoms with Gasteiger partial charge in [-0.05, 0) is 36.5 Å². The Morgan fingerprint density at radius 3 is 2.82 bits per heavy atom. The highest BCUT2D eigenvalue weighted by atomic mass is 16.5. The third kappa shape index (κ3) is 4.34. The topological polar surface area (TPSA) is 112 Å². The number of fused-ring (bicyclic) bond motifs is 2. The van der Waals surface area contributed by atoms with E-state index in [1.165, 1.54) is 24.4 Å².